The smallest absolute Gasteiger partial charge is 0.343 e. The molecule has 0 saturated carbocycles. The molecule has 0 N–H and O–H groups in total. The number of hydrogen-bond donors (Lipinski definition) is 0. The van der Waals surface area contributed by atoms with Crippen molar-refractivity contribution in [3.63, 3.8) is 0 Å². The first-order chi connectivity index (χ1) is 16.4. The molecule has 0 atom stereocenters. The molecule has 0 aromatic heterocycles. The summed E-state index contributed by atoms with van der Waals surface area (Å²) in [6.45, 7) is 2.56. The van der Waals surface area contributed by atoms with Gasteiger partial charge in [0, 0.05) is 0 Å². The number of ether oxygens (including phenoxy) is 1. The van der Waals surface area contributed by atoms with Gasteiger partial charge in [-0.25, -0.2) is 14.6 Å². The van der Waals surface area contributed by atoms with Gasteiger partial charge in [0.1, 0.15) is 11.3 Å². The molecule has 3 aromatic rings. The Morgan fingerprint density at radius 1 is 0.794 bits per heavy atom. The maximum absolute atomic E-state index is 13.4. The number of para-hydroxylation sites is 2. The van der Waals surface area contributed by atoms with Crippen molar-refractivity contribution in [2.45, 2.75) is 13.3 Å². The van der Waals surface area contributed by atoms with E-state index < -0.39 is 17.8 Å². The molecule has 1 aliphatic heterocycles. The molecule has 1 saturated heterocycles. The van der Waals surface area contributed by atoms with Crippen LogP contribution in [0.4, 0.5) is 16.2 Å². The normalized spacial score (nSPS) is 14.0. The van der Waals surface area contributed by atoms with Gasteiger partial charge in [-0.3, -0.25) is 9.59 Å². The fourth-order valence-electron chi connectivity index (χ4n) is 3.51. The molecule has 6 nitrogen and oxygen atoms in total. The SMILES string of the molecule is CCCOc1c(Br)cc(C=C2C(=O)N(c3ccccc3)C(=O)N(c3ccccc3)C2=O)cc1Br. The van der Waals surface area contributed by atoms with Gasteiger partial charge in [0.25, 0.3) is 11.8 Å². The van der Waals surface area contributed by atoms with E-state index in [0.29, 0.717) is 38.2 Å². The van der Waals surface area contributed by atoms with Gasteiger partial charge in [-0.1, -0.05) is 43.3 Å². The first-order valence-corrected chi connectivity index (χ1v) is 12.2. The van der Waals surface area contributed by atoms with E-state index in [4.69, 9.17) is 4.74 Å². The van der Waals surface area contributed by atoms with Gasteiger partial charge in [-0.2, -0.15) is 0 Å². The summed E-state index contributed by atoms with van der Waals surface area (Å²) in [4.78, 5) is 42.3. The van der Waals surface area contributed by atoms with E-state index >= 15 is 0 Å². The zero-order valence-electron chi connectivity index (χ0n) is 18.2. The largest absolute Gasteiger partial charge is 0.491 e. The third-order valence-electron chi connectivity index (χ3n) is 5.06. The molecule has 1 heterocycles. The van der Waals surface area contributed by atoms with Crippen LogP contribution in [0.1, 0.15) is 18.9 Å². The second kappa shape index (κ2) is 10.4. The lowest BCUT2D eigenvalue weighted by molar-refractivity contribution is -0.121. The van der Waals surface area contributed by atoms with E-state index in [9.17, 15) is 14.4 Å². The van der Waals surface area contributed by atoms with E-state index in [2.05, 4.69) is 31.9 Å². The molecule has 0 spiro atoms. The molecule has 0 unspecified atom stereocenters. The molecular weight excluding hydrogens is 564 g/mol. The summed E-state index contributed by atoms with van der Waals surface area (Å²) in [5.41, 5.74) is 1.22. The Bertz CT molecular complexity index is 1190. The molecule has 1 fully saturated rings. The predicted octanol–water partition coefficient (Wildman–Crippen LogP) is 6.58. The maximum atomic E-state index is 13.4. The van der Waals surface area contributed by atoms with Gasteiger partial charge in [-0.15, -0.1) is 0 Å². The molecule has 34 heavy (non-hydrogen) atoms. The number of benzene rings is 3. The highest BCUT2D eigenvalue weighted by atomic mass is 79.9. The van der Waals surface area contributed by atoms with E-state index in [1.54, 1.807) is 72.8 Å². The van der Waals surface area contributed by atoms with Crippen molar-refractivity contribution in [2.75, 3.05) is 16.4 Å². The molecule has 8 heteroatoms. The number of urea groups is 1. The number of halogens is 2. The number of rotatable bonds is 6. The second-order valence-corrected chi connectivity index (χ2v) is 9.16. The van der Waals surface area contributed by atoms with Crippen molar-refractivity contribution in [1.29, 1.82) is 0 Å². The second-order valence-electron chi connectivity index (χ2n) is 7.45. The van der Waals surface area contributed by atoms with Gasteiger partial charge in [0.15, 0.2) is 0 Å². The highest BCUT2D eigenvalue weighted by molar-refractivity contribution is 9.11. The Morgan fingerprint density at radius 3 is 1.71 bits per heavy atom. The number of hydrogen-bond acceptors (Lipinski definition) is 4. The third-order valence-corrected chi connectivity index (χ3v) is 6.24. The van der Waals surface area contributed by atoms with Crippen LogP contribution in [0.25, 0.3) is 6.08 Å². The number of nitrogens with zero attached hydrogens (tertiary/aromatic N) is 2. The number of imide groups is 2. The molecule has 1 aliphatic rings. The summed E-state index contributed by atoms with van der Waals surface area (Å²) in [7, 11) is 0. The summed E-state index contributed by atoms with van der Waals surface area (Å²) in [6.07, 6.45) is 2.34. The van der Waals surface area contributed by atoms with Crippen molar-refractivity contribution in [3.8, 4) is 5.75 Å². The zero-order chi connectivity index (χ0) is 24.2. The van der Waals surface area contributed by atoms with Crippen LogP contribution in [0, 0.1) is 0 Å². The van der Waals surface area contributed by atoms with Crippen LogP contribution < -0.4 is 14.5 Å². The number of anilines is 2. The topological polar surface area (TPSA) is 66.9 Å². The van der Waals surface area contributed by atoms with E-state index in [1.807, 2.05) is 6.92 Å². The highest BCUT2D eigenvalue weighted by Crippen LogP contribution is 2.36. The molecule has 0 aliphatic carbocycles. The Balaban J connectivity index is 1.82. The van der Waals surface area contributed by atoms with Crippen LogP contribution in [0.2, 0.25) is 0 Å². The van der Waals surface area contributed by atoms with Crippen molar-refractivity contribution < 1.29 is 19.1 Å². The van der Waals surface area contributed by atoms with Gasteiger partial charge in [-0.05, 0) is 86.3 Å². The third kappa shape index (κ3) is 4.69. The van der Waals surface area contributed by atoms with Crippen LogP contribution in [0.15, 0.2) is 87.3 Å². The van der Waals surface area contributed by atoms with Crippen LogP contribution in [0.5, 0.6) is 5.75 Å². The van der Waals surface area contributed by atoms with Crippen LogP contribution >= 0.6 is 31.9 Å². The molecule has 0 radical (unpaired) electrons. The monoisotopic (exact) mass is 582 g/mol. The van der Waals surface area contributed by atoms with Crippen molar-refractivity contribution in [3.05, 3.63) is 92.9 Å². The van der Waals surface area contributed by atoms with Crippen molar-refractivity contribution in [1.82, 2.24) is 0 Å². The van der Waals surface area contributed by atoms with Gasteiger partial charge in [0.05, 0.1) is 26.9 Å². The number of amides is 4. The maximum Gasteiger partial charge on any atom is 0.343 e. The highest BCUT2D eigenvalue weighted by Gasteiger charge is 2.43. The first-order valence-electron chi connectivity index (χ1n) is 10.6. The predicted molar refractivity (Wildman–Crippen MR) is 139 cm³/mol. The molecular formula is C26H20Br2N2O4. The fraction of sp³-hybridized carbons (Fsp3) is 0.115. The van der Waals surface area contributed by atoms with E-state index in [1.165, 1.54) is 6.08 Å². The number of carbonyl (C=O) groups excluding carboxylic acids is 3. The summed E-state index contributed by atoms with van der Waals surface area (Å²) in [6, 6.07) is 19.9. The lowest BCUT2D eigenvalue weighted by Crippen LogP contribution is -2.57. The Morgan fingerprint density at radius 2 is 1.26 bits per heavy atom. The molecule has 0 bridgehead atoms. The summed E-state index contributed by atoms with van der Waals surface area (Å²) in [5, 5.41) is 0. The minimum Gasteiger partial charge on any atom is -0.491 e. The lowest BCUT2D eigenvalue weighted by atomic mass is 10.0. The van der Waals surface area contributed by atoms with Crippen LogP contribution in [0.3, 0.4) is 0 Å². The fourth-order valence-corrected chi connectivity index (χ4v) is 4.96. The van der Waals surface area contributed by atoms with Crippen LogP contribution in [-0.4, -0.2) is 24.5 Å². The first kappa shape index (κ1) is 23.9. The van der Waals surface area contributed by atoms with E-state index in [-0.39, 0.29) is 5.57 Å². The minimum atomic E-state index is -0.727. The average molecular weight is 584 g/mol. The van der Waals surface area contributed by atoms with E-state index in [0.717, 1.165) is 16.2 Å². The Hall–Kier alpha value is -3.23. The number of barbiturate groups is 1. The van der Waals surface area contributed by atoms with Crippen molar-refractivity contribution in [2.24, 2.45) is 0 Å². The molecule has 172 valence electrons. The molecule has 3 aromatic carbocycles. The minimum absolute atomic E-state index is 0.131. The molecule has 4 amide bonds. The zero-order valence-corrected chi connectivity index (χ0v) is 21.4. The summed E-state index contributed by atoms with van der Waals surface area (Å²) in [5.74, 6) is -0.740. The Kier molecular flexibility index (Phi) is 7.29. The van der Waals surface area contributed by atoms with Gasteiger partial charge >= 0.3 is 6.03 Å². The Labute approximate surface area is 214 Å². The average Bonchev–Trinajstić information content (AvgIpc) is 2.83. The summed E-state index contributed by atoms with van der Waals surface area (Å²) < 4.78 is 7.11. The lowest BCUT2D eigenvalue weighted by Gasteiger charge is -2.34. The van der Waals surface area contributed by atoms with Gasteiger partial charge in [0.2, 0.25) is 0 Å². The summed E-state index contributed by atoms with van der Waals surface area (Å²) >= 11 is 7.00. The van der Waals surface area contributed by atoms with Crippen molar-refractivity contribution >= 4 is 67.2 Å². The van der Waals surface area contributed by atoms with Gasteiger partial charge < -0.3 is 4.74 Å². The number of carbonyl (C=O) groups is 3. The quantitative estimate of drug-likeness (QED) is 0.243. The molecule has 4 rings (SSSR count). The standard InChI is InChI=1S/C26H20Br2N2O4/c1-2-13-34-23-21(27)15-17(16-22(23)28)14-20-24(31)29(18-9-5-3-6-10-18)26(33)30(25(20)32)19-11-7-4-8-12-19/h3-12,14-16H,2,13H2,1H3. The van der Waals surface area contributed by atoms with Crippen LogP contribution in [-0.2, 0) is 9.59 Å².